The molecular weight excluding hydrogens is 532 g/mol. The van der Waals surface area contributed by atoms with E-state index in [2.05, 4.69) is 15.0 Å². The maximum absolute atomic E-state index is 14.6. The molecule has 0 aliphatic heterocycles. The molecule has 1 unspecified atom stereocenters. The zero-order valence-corrected chi connectivity index (χ0v) is 22.8. The summed E-state index contributed by atoms with van der Waals surface area (Å²) >= 11 is 7.22. The maximum Gasteiger partial charge on any atom is 0.317 e. The molecule has 1 atom stereocenters. The largest absolute Gasteiger partial charge is 0.480 e. The van der Waals surface area contributed by atoms with Crippen molar-refractivity contribution in [2.45, 2.75) is 45.4 Å². The molecule has 0 saturated carbocycles. The SMILES string of the molecule is CC.CC.O=C(O)CNCCCc1cc(Cl)ccc1Oc1cc(F)c(S(=O)Nc2nccs2)cc1F. The molecule has 0 aliphatic rings. The van der Waals surface area contributed by atoms with Crippen molar-refractivity contribution in [2.75, 3.05) is 17.8 Å². The molecule has 12 heteroatoms. The van der Waals surface area contributed by atoms with Gasteiger partial charge in [0.2, 0.25) is 0 Å². The molecule has 7 nitrogen and oxygen atoms in total. The summed E-state index contributed by atoms with van der Waals surface area (Å²) < 4.78 is 49.6. The summed E-state index contributed by atoms with van der Waals surface area (Å²) in [6.07, 6.45) is 2.53. The Balaban J connectivity index is 0.00000154. The molecule has 0 saturated heterocycles. The Labute approximate surface area is 221 Å². The molecule has 3 aromatic rings. The number of anilines is 1. The average Bonchev–Trinajstić information content (AvgIpc) is 3.37. The van der Waals surface area contributed by atoms with Crippen molar-refractivity contribution < 1.29 is 27.6 Å². The Hall–Kier alpha value is -2.60. The smallest absolute Gasteiger partial charge is 0.317 e. The molecule has 0 radical (unpaired) electrons. The molecule has 1 aromatic heterocycles. The first-order valence-electron chi connectivity index (χ1n) is 11.3. The first-order valence-corrected chi connectivity index (χ1v) is 13.7. The van der Waals surface area contributed by atoms with Crippen molar-refractivity contribution in [1.82, 2.24) is 10.3 Å². The van der Waals surface area contributed by atoms with Crippen molar-refractivity contribution >= 4 is 45.0 Å². The number of aliphatic carboxylic acids is 1. The van der Waals surface area contributed by atoms with Gasteiger partial charge in [-0.3, -0.25) is 9.52 Å². The fourth-order valence-electron chi connectivity index (χ4n) is 2.70. The lowest BCUT2D eigenvalue weighted by atomic mass is 10.1. The maximum atomic E-state index is 14.6. The van der Waals surface area contributed by atoms with Crippen LogP contribution in [0.4, 0.5) is 13.9 Å². The topological polar surface area (TPSA) is 101 Å². The van der Waals surface area contributed by atoms with Gasteiger partial charge in [0.05, 0.1) is 11.4 Å². The Kier molecular flexibility index (Phi) is 14.8. The molecule has 0 bridgehead atoms. The highest BCUT2D eigenvalue weighted by atomic mass is 35.5. The highest BCUT2D eigenvalue weighted by Gasteiger charge is 2.18. The number of carboxylic acids is 1. The second-order valence-electron chi connectivity index (χ2n) is 6.45. The lowest BCUT2D eigenvalue weighted by Crippen LogP contribution is -2.23. The van der Waals surface area contributed by atoms with Crippen molar-refractivity contribution in [3.63, 3.8) is 0 Å². The molecular formula is C24H30ClF2N3O4S2. The van der Waals surface area contributed by atoms with Gasteiger partial charge in [-0.1, -0.05) is 39.3 Å². The van der Waals surface area contributed by atoms with Crippen LogP contribution in [-0.4, -0.2) is 33.4 Å². The third-order valence-corrected chi connectivity index (χ3v) is 6.26. The predicted molar refractivity (Wildman–Crippen MR) is 142 cm³/mol. The minimum absolute atomic E-state index is 0.158. The molecule has 198 valence electrons. The lowest BCUT2D eigenvalue weighted by molar-refractivity contribution is -0.135. The number of benzene rings is 2. The third kappa shape index (κ3) is 10.2. The summed E-state index contributed by atoms with van der Waals surface area (Å²) in [7, 11) is -2.05. The van der Waals surface area contributed by atoms with E-state index >= 15 is 0 Å². The monoisotopic (exact) mass is 561 g/mol. The molecule has 3 N–H and O–H groups in total. The summed E-state index contributed by atoms with van der Waals surface area (Å²) in [5.41, 5.74) is 0.646. The van der Waals surface area contributed by atoms with E-state index in [1.54, 1.807) is 17.5 Å². The van der Waals surface area contributed by atoms with Crippen LogP contribution in [0.5, 0.6) is 11.5 Å². The second kappa shape index (κ2) is 17.0. The van der Waals surface area contributed by atoms with Crippen LogP contribution in [-0.2, 0) is 22.2 Å². The van der Waals surface area contributed by atoms with Crippen LogP contribution >= 0.6 is 22.9 Å². The number of halogens is 3. The standard InChI is InChI=1S/C20H18ClF2N3O4S2.2C2H6/c21-13-3-4-16(12(8-13)2-1-5-24-11-19(27)28)30-17-9-15(23)18(10-14(17)22)32(29)26-20-25-6-7-31-20;2*1-2/h3-4,6-10,24H,1-2,5,11H2,(H,25,26)(H,27,28);2*1-2H3. The van der Waals surface area contributed by atoms with Crippen LogP contribution in [0.15, 0.2) is 46.8 Å². The van der Waals surface area contributed by atoms with E-state index < -0.39 is 28.6 Å². The number of aromatic nitrogens is 1. The summed E-state index contributed by atoms with van der Waals surface area (Å²) in [6, 6.07) is 6.38. The lowest BCUT2D eigenvalue weighted by Gasteiger charge is -2.14. The van der Waals surface area contributed by atoms with Gasteiger partial charge in [-0.05, 0) is 49.2 Å². The number of nitrogens with zero attached hydrogens (tertiary/aromatic N) is 1. The number of hydrogen-bond acceptors (Lipinski definition) is 6. The Bertz CT molecular complexity index is 1120. The van der Waals surface area contributed by atoms with E-state index in [0.29, 0.717) is 35.1 Å². The van der Waals surface area contributed by atoms with E-state index in [1.165, 1.54) is 23.6 Å². The molecule has 2 aromatic carbocycles. The van der Waals surface area contributed by atoms with E-state index in [4.69, 9.17) is 21.4 Å². The number of ether oxygens (including phenoxy) is 1. The zero-order valence-electron chi connectivity index (χ0n) is 20.4. The van der Waals surface area contributed by atoms with Gasteiger partial charge in [0.1, 0.15) is 11.6 Å². The number of rotatable bonds is 11. The van der Waals surface area contributed by atoms with Crippen molar-refractivity contribution in [2.24, 2.45) is 0 Å². The average molecular weight is 562 g/mol. The fourth-order valence-corrected chi connectivity index (χ4v) is 4.45. The van der Waals surface area contributed by atoms with Crippen LogP contribution in [0, 0.1) is 11.6 Å². The summed E-state index contributed by atoms with van der Waals surface area (Å²) in [5.74, 6) is -2.84. The van der Waals surface area contributed by atoms with Gasteiger partial charge in [-0.25, -0.2) is 18.0 Å². The quantitative estimate of drug-likeness (QED) is 0.226. The van der Waals surface area contributed by atoms with Crippen molar-refractivity contribution in [1.29, 1.82) is 0 Å². The highest BCUT2D eigenvalue weighted by molar-refractivity contribution is 7.86. The number of nitrogens with one attached hydrogen (secondary N) is 2. The van der Waals surface area contributed by atoms with Crippen molar-refractivity contribution in [3.05, 3.63) is 64.1 Å². The number of hydrogen-bond donors (Lipinski definition) is 3. The van der Waals surface area contributed by atoms with E-state index in [0.717, 1.165) is 12.1 Å². The molecule has 0 spiro atoms. The first-order chi connectivity index (χ1) is 17.3. The van der Waals surface area contributed by atoms with Gasteiger partial charge in [0.15, 0.2) is 27.7 Å². The molecule has 0 aliphatic carbocycles. The fraction of sp³-hybridized carbons (Fsp3) is 0.333. The minimum Gasteiger partial charge on any atom is -0.480 e. The van der Waals surface area contributed by atoms with Crippen LogP contribution in [0.2, 0.25) is 5.02 Å². The normalized spacial score (nSPS) is 10.9. The predicted octanol–water partition coefficient (Wildman–Crippen LogP) is 6.66. The number of thiazole rings is 1. The van der Waals surface area contributed by atoms with E-state index in [1.807, 2.05) is 27.7 Å². The van der Waals surface area contributed by atoms with Gasteiger partial charge in [-0.2, -0.15) is 0 Å². The summed E-state index contributed by atoms with van der Waals surface area (Å²) in [5, 5.41) is 13.8. The number of carboxylic acid groups (broad SMARTS) is 1. The van der Waals surface area contributed by atoms with Gasteiger partial charge in [0, 0.05) is 22.7 Å². The molecule has 1 heterocycles. The van der Waals surface area contributed by atoms with Crippen LogP contribution < -0.4 is 14.8 Å². The molecule has 0 amide bonds. The van der Waals surface area contributed by atoms with E-state index in [-0.39, 0.29) is 22.9 Å². The highest BCUT2D eigenvalue weighted by Crippen LogP contribution is 2.32. The van der Waals surface area contributed by atoms with E-state index in [9.17, 15) is 17.8 Å². The van der Waals surface area contributed by atoms with Gasteiger partial charge in [0.25, 0.3) is 0 Å². The van der Waals surface area contributed by atoms with Gasteiger partial charge < -0.3 is 15.2 Å². The van der Waals surface area contributed by atoms with Crippen molar-refractivity contribution in [3.8, 4) is 11.5 Å². The second-order valence-corrected chi connectivity index (χ2v) is 8.96. The molecule has 3 rings (SSSR count). The van der Waals surface area contributed by atoms with Crippen LogP contribution in [0.3, 0.4) is 0 Å². The minimum atomic E-state index is -2.05. The molecule has 0 fully saturated rings. The van der Waals surface area contributed by atoms with Gasteiger partial charge >= 0.3 is 5.97 Å². The summed E-state index contributed by atoms with van der Waals surface area (Å²) in [6.45, 7) is 8.28. The molecule has 36 heavy (non-hydrogen) atoms. The van der Waals surface area contributed by atoms with Gasteiger partial charge in [-0.15, -0.1) is 11.3 Å². The van der Waals surface area contributed by atoms with Crippen LogP contribution in [0.25, 0.3) is 0 Å². The summed E-state index contributed by atoms with van der Waals surface area (Å²) in [4.78, 5) is 14.1. The Morgan fingerprint density at radius 1 is 1.14 bits per heavy atom. The zero-order chi connectivity index (χ0) is 27.1. The van der Waals surface area contributed by atoms with Crippen LogP contribution in [0.1, 0.15) is 39.7 Å². The Morgan fingerprint density at radius 2 is 1.86 bits per heavy atom. The Morgan fingerprint density at radius 3 is 2.50 bits per heavy atom. The number of aryl methyl sites for hydroxylation is 1. The number of carbonyl (C=O) groups is 1. The third-order valence-electron chi connectivity index (χ3n) is 4.12. The first kappa shape index (κ1) is 31.4.